The zero-order chi connectivity index (χ0) is 14.9. The van der Waals surface area contributed by atoms with Crippen LogP contribution in [0.4, 0.5) is 4.39 Å². The van der Waals surface area contributed by atoms with E-state index < -0.39 is 5.82 Å². The van der Waals surface area contributed by atoms with E-state index in [-0.39, 0.29) is 0 Å². The van der Waals surface area contributed by atoms with Crippen LogP contribution in [0.3, 0.4) is 0 Å². The van der Waals surface area contributed by atoms with Gasteiger partial charge in [0.15, 0.2) is 0 Å². The summed E-state index contributed by atoms with van der Waals surface area (Å²) in [6.45, 7) is 0. The molecule has 1 fully saturated rings. The summed E-state index contributed by atoms with van der Waals surface area (Å²) in [4.78, 5) is 0. The Bertz CT molecular complexity index is 812. The Labute approximate surface area is 126 Å². The van der Waals surface area contributed by atoms with E-state index >= 15 is 0 Å². The van der Waals surface area contributed by atoms with E-state index in [4.69, 9.17) is 9.15 Å². The predicted molar refractivity (Wildman–Crippen MR) is 77.0 cm³/mol. The predicted octanol–water partition coefficient (Wildman–Crippen LogP) is 4.35. The molecule has 1 aliphatic carbocycles. The molecular weight excluding hydrogens is 283 g/mol. The first-order chi connectivity index (χ1) is 10.8. The minimum Gasteiger partial charge on any atom is -0.457 e. The molecule has 0 N–H and O–H groups in total. The average Bonchev–Trinajstić information content (AvgIpc) is 3.25. The normalized spacial score (nSPS) is 14.0. The minimum absolute atomic E-state index is 0.414. The van der Waals surface area contributed by atoms with Crippen LogP contribution in [0.25, 0.3) is 11.5 Å². The fourth-order valence-corrected chi connectivity index (χ4v) is 2.16. The van der Waals surface area contributed by atoms with Crippen LogP contribution in [0.5, 0.6) is 11.5 Å². The number of rotatable bonds is 4. The number of aromatic nitrogens is 2. The Morgan fingerprint density at radius 1 is 1.14 bits per heavy atom. The number of hydrogen-bond donors (Lipinski definition) is 0. The lowest BCUT2D eigenvalue weighted by molar-refractivity contribution is 0.475. The molecule has 1 aliphatic rings. The third-order valence-corrected chi connectivity index (χ3v) is 3.42. The van der Waals surface area contributed by atoms with Gasteiger partial charge in [0.2, 0.25) is 11.8 Å². The van der Waals surface area contributed by atoms with Crippen molar-refractivity contribution in [3.8, 4) is 23.0 Å². The molecule has 1 aromatic heterocycles. The van der Waals surface area contributed by atoms with Gasteiger partial charge in [-0.25, -0.2) is 4.39 Å². The second-order valence-electron chi connectivity index (χ2n) is 5.22. The summed E-state index contributed by atoms with van der Waals surface area (Å²) in [6.07, 6.45) is 2.22. The van der Waals surface area contributed by atoms with Crippen molar-refractivity contribution in [3.63, 3.8) is 0 Å². The summed E-state index contributed by atoms with van der Waals surface area (Å²) < 4.78 is 24.4. The Morgan fingerprint density at radius 3 is 2.82 bits per heavy atom. The highest BCUT2D eigenvalue weighted by Crippen LogP contribution is 2.40. The highest BCUT2D eigenvalue weighted by Gasteiger charge is 2.29. The smallest absolute Gasteiger partial charge is 0.247 e. The fraction of sp³-hybridized carbons (Fsp3) is 0.176. The monoisotopic (exact) mass is 295 g/mol. The highest BCUT2D eigenvalue weighted by atomic mass is 19.1. The molecule has 4 nitrogen and oxygen atoms in total. The van der Waals surface area contributed by atoms with E-state index in [9.17, 15) is 4.39 Å². The van der Waals surface area contributed by atoms with Gasteiger partial charge in [0.25, 0.3) is 0 Å². The quantitative estimate of drug-likeness (QED) is 0.718. The zero-order valence-corrected chi connectivity index (χ0v) is 11.6. The fourth-order valence-electron chi connectivity index (χ4n) is 2.16. The molecule has 22 heavy (non-hydrogen) atoms. The molecule has 0 aliphatic heterocycles. The highest BCUT2D eigenvalue weighted by molar-refractivity contribution is 5.56. The maximum Gasteiger partial charge on any atom is 0.247 e. The molecule has 1 radical (unpaired) electrons. The third-order valence-electron chi connectivity index (χ3n) is 3.42. The molecule has 0 bridgehead atoms. The van der Waals surface area contributed by atoms with Crippen LogP contribution in [0.2, 0.25) is 0 Å². The molecule has 0 atom stereocenters. The lowest BCUT2D eigenvalue weighted by atomic mass is 10.2. The van der Waals surface area contributed by atoms with Gasteiger partial charge in [-0.3, -0.25) is 0 Å². The third kappa shape index (κ3) is 2.70. The maximum atomic E-state index is 13.1. The minimum atomic E-state index is -0.459. The van der Waals surface area contributed by atoms with Crippen LogP contribution in [-0.2, 0) is 0 Å². The molecule has 109 valence electrons. The standard InChI is InChI=1S/C17H12FN2O2/c18-13-4-2-6-15(10-13)21-14-5-1-3-12(9-14)17-20-19-16(22-17)11-7-8-11/h1-3,5-6,9-11H,7-8H2. The van der Waals surface area contributed by atoms with E-state index in [0.29, 0.717) is 29.2 Å². The maximum absolute atomic E-state index is 13.1. The van der Waals surface area contributed by atoms with Crippen molar-refractivity contribution in [1.82, 2.24) is 10.2 Å². The van der Waals surface area contributed by atoms with Crippen molar-refractivity contribution >= 4 is 0 Å². The SMILES string of the molecule is Fc1[c]ccc(Oc2cccc(-c3nnc(C4CC4)o3)c2)c1. The molecule has 0 amide bonds. The van der Waals surface area contributed by atoms with Crippen molar-refractivity contribution in [1.29, 1.82) is 0 Å². The van der Waals surface area contributed by atoms with E-state index in [0.717, 1.165) is 18.4 Å². The Hall–Kier alpha value is -2.69. The molecule has 2 aromatic carbocycles. The van der Waals surface area contributed by atoms with Crippen LogP contribution >= 0.6 is 0 Å². The van der Waals surface area contributed by atoms with E-state index in [1.165, 1.54) is 12.1 Å². The molecule has 3 aromatic rings. The molecule has 0 saturated heterocycles. The Balaban J connectivity index is 1.59. The van der Waals surface area contributed by atoms with E-state index in [1.54, 1.807) is 18.2 Å². The van der Waals surface area contributed by atoms with Crippen molar-refractivity contribution in [3.05, 3.63) is 60.2 Å². The molecule has 5 heteroatoms. The molecule has 0 spiro atoms. The van der Waals surface area contributed by atoms with Crippen LogP contribution in [0, 0.1) is 11.9 Å². The summed E-state index contributed by atoms with van der Waals surface area (Å²) in [7, 11) is 0. The van der Waals surface area contributed by atoms with Gasteiger partial charge in [-0.2, -0.15) is 0 Å². The second kappa shape index (κ2) is 5.26. The molecule has 1 heterocycles. The van der Waals surface area contributed by atoms with Crippen molar-refractivity contribution in [2.24, 2.45) is 0 Å². The Morgan fingerprint density at radius 2 is 2.00 bits per heavy atom. The van der Waals surface area contributed by atoms with Crippen LogP contribution in [0.1, 0.15) is 24.7 Å². The van der Waals surface area contributed by atoms with Crippen molar-refractivity contribution < 1.29 is 13.5 Å². The molecule has 4 rings (SSSR count). The van der Waals surface area contributed by atoms with Crippen LogP contribution in [0.15, 0.2) is 46.9 Å². The second-order valence-corrected chi connectivity index (χ2v) is 5.22. The molecular formula is C17H12FN2O2. The number of nitrogens with zero attached hydrogens (tertiary/aromatic N) is 2. The van der Waals surface area contributed by atoms with Crippen molar-refractivity contribution in [2.45, 2.75) is 18.8 Å². The molecule has 0 unspecified atom stereocenters. The number of benzene rings is 2. The number of halogens is 1. The van der Waals surface area contributed by atoms with Gasteiger partial charge >= 0.3 is 0 Å². The molecule has 1 saturated carbocycles. The first kappa shape index (κ1) is 13.0. The lowest BCUT2D eigenvalue weighted by Crippen LogP contribution is -1.86. The summed E-state index contributed by atoms with van der Waals surface area (Å²) in [5.74, 6) is 2.12. The van der Waals surface area contributed by atoms with Gasteiger partial charge in [-0.05, 0) is 43.2 Å². The van der Waals surface area contributed by atoms with E-state index in [2.05, 4.69) is 16.3 Å². The zero-order valence-electron chi connectivity index (χ0n) is 11.6. The number of hydrogen-bond acceptors (Lipinski definition) is 4. The summed E-state index contributed by atoms with van der Waals surface area (Å²) in [5, 5.41) is 8.14. The summed E-state index contributed by atoms with van der Waals surface area (Å²) in [6, 6.07) is 14.1. The van der Waals surface area contributed by atoms with Gasteiger partial charge in [0, 0.05) is 23.6 Å². The first-order valence-electron chi connectivity index (χ1n) is 7.07. The van der Waals surface area contributed by atoms with Crippen molar-refractivity contribution in [2.75, 3.05) is 0 Å². The van der Waals surface area contributed by atoms with E-state index in [1.807, 2.05) is 12.1 Å². The van der Waals surface area contributed by atoms with Crippen LogP contribution < -0.4 is 4.74 Å². The van der Waals surface area contributed by atoms with Gasteiger partial charge in [-0.1, -0.05) is 6.07 Å². The first-order valence-corrected chi connectivity index (χ1v) is 7.07. The summed E-state index contributed by atoms with van der Waals surface area (Å²) in [5.41, 5.74) is 0.778. The Kier molecular flexibility index (Phi) is 3.11. The van der Waals surface area contributed by atoms with Gasteiger partial charge in [0.05, 0.1) is 0 Å². The topological polar surface area (TPSA) is 48.2 Å². The van der Waals surface area contributed by atoms with Crippen LogP contribution in [-0.4, -0.2) is 10.2 Å². The number of ether oxygens (including phenoxy) is 1. The summed E-state index contributed by atoms with van der Waals surface area (Å²) >= 11 is 0. The lowest BCUT2D eigenvalue weighted by Gasteiger charge is -2.06. The van der Waals surface area contributed by atoms with Gasteiger partial charge in [-0.15, -0.1) is 10.2 Å². The van der Waals surface area contributed by atoms with Gasteiger partial charge < -0.3 is 9.15 Å². The van der Waals surface area contributed by atoms with Gasteiger partial charge in [0.1, 0.15) is 17.3 Å². The average molecular weight is 295 g/mol. The largest absolute Gasteiger partial charge is 0.457 e.